The molecule has 6 heteroatoms. The van der Waals surface area contributed by atoms with Crippen molar-refractivity contribution in [1.82, 2.24) is 9.80 Å². The zero-order chi connectivity index (χ0) is 18.8. The first-order chi connectivity index (χ1) is 12.3. The van der Waals surface area contributed by atoms with E-state index < -0.39 is 0 Å². The Labute approximate surface area is 163 Å². The molecule has 2 aromatic carbocycles. The minimum atomic E-state index is -0.231. The summed E-state index contributed by atoms with van der Waals surface area (Å²) in [5.41, 5.74) is 1.54. The van der Waals surface area contributed by atoms with E-state index in [4.69, 9.17) is 23.2 Å². The number of nitrogens with zero attached hydrogens (tertiary/aromatic N) is 2. The topological polar surface area (TPSA) is 23.6 Å². The van der Waals surface area contributed by atoms with Crippen LogP contribution < -0.4 is 0 Å². The Kier molecular flexibility index (Phi) is 5.86. The zero-order valence-corrected chi connectivity index (χ0v) is 16.3. The highest BCUT2D eigenvalue weighted by molar-refractivity contribution is 6.36. The molecular formula is C20H21Cl2FN2O. The molecule has 0 radical (unpaired) electrons. The van der Waals surface area contributed by atoms with Gasteiger partial charge in [-0.2, -0.15) is 0 Å². The van der Waals surface area contributed by atoms with Crippen molar-refractivity contribution in [2.45, 2.75) is 32.5 Å². The molecule has 0 N–H and O–H groups in total. The predicted octanol–water partition coefficient (Wildman–Crippen LogP) is 4.87. The van der Waals surface area contributed by atoms with Crippen LogP contribution in [-0.2, 0) is 6.54 Å². The molecule has 0 saturated carbocycles. The lowest BCUT2D eigenvalue weighted by Crippen LogP contribution is -2.57. The second-order valence-electron chi connectivity index (χ2n) is 6.84. The summed E-state index contributed by atoms with van der Waals surface area (Å²) in [7, 11) is 0. The average molecular weight is 395 g/mol. The number of halogens is 3. The molecule has 0 aromatic heterocycles. The van der Waals surface area contributed by atoms with Gasteiger partial charge in [-0.3, -0.25) is 9.69 Å². The van der Waals surface area contributed by atoms with Gasteiger partial charge in [0.2, 0.25) is 0 Å². The molecule has 0 spiro atoms. The number of benzene rings is 2. The van der Waals surface area contributed by atoms with Crippen LogP contribution in [0.1, 0.15) is 29.8 Å². The van der Waals surface area contributed by atoms with Gasteiger partial charge in [-0.25, -0.2) is 4.39 Å². The first-order valence-corrected chi connectivity index (χ1v) is 9.35. The number of hydrogen-bond acceptors (Lipinski definition) is 2. The van der Waals surface area contributed by atoms with Crippen LogP contribution in [0.5, 0.6) is 0 Å². The Bertz CT molecular complexity index is 797. The molecule has 1 heterocycles. The van der Waals surface area contributed by atoms with Gasteiger partial charge in [-0.05, 0) is 49.7 Å². The maximum atomic E-state index is 13.1. The van der Waals surface area contributed by atoms with Crippen molar-refractivity contribution in [3.8, 4) is 0 Å². The van der Waals surface area contributed by atoms with Crippen molar-refractivity contribution in [1.29, 1.82) is 0 Å². The second-order valence-corrected chi connectivity index (χ2v) is 7.68. The van der Waals surface area contributed by atoms with E-state index in [1.807, 2.05) is 11.8 Å². The fourth-order valence-corrected chi connectivity index (χ4v) is 3.83. The summed E-state index contributed by atoms with van der Waals surface area (Å²) >= 11 is 12.1. The van der Waals surface area contributed by atoms with Crippen molar-refractivity contribution < 1.29 is 9.18 Å². The maximum absolute atomic E-state index is 13.1. The highest BCUT2D eigenvalue weighted by atomic mass is 35.5. The normalized spacial score (nSPS) is 21.0. The smallest absolute Gasteiger partial charge is 0.255 e. The molecule has 1 saturated heterocycles. The Morgan fingerprint density at radius 3 is 2.42 bits per heavy atom. The molecule has 1 amide bonds. The molecule has 138 valence electrons. The monoisotopic (exact) mass is 394 g/mol. The standard InChI is InChI=1S/C20H21Cl2FN2O/c1-13-11-25(20(26)18-8-5-16(21)9-19(18)22)14(2)10-24(13)12-15-3-6-17(23)7-4-15/h3-9,13-14H,10-12H2,1-2H3/t13-,14-/m0/s1. The van der Waals surface area contributed by atoms with Gasteiger partial charge >= 0.3 is 0 Å². The first-order valence-electron chi connectivity index (χ1n) is 8.59. The third-order valence-electron chi connectivity index (χ3n) is 4.84. The molecule has 3 rings (SSSR count). The Morgan fingerprint density at radius 1 is 1.08 bits per heavy atom. The summed E-state index contributed by atoms with van der Waals surface area (Å²) in [6.45, 7) is 6.22. The molecule has 3 nitrogen and oxygen atoms in total. The van der Waals surface area contributed by atoms with Crippen LogP contribution in [0.25, 0.3) is 0 Å². The Balaban J connectivity index is 1.71. The van der Waals surface area contributed by atoms with E-state index in [2.05, 4.69) is 11.8 Å². The van der Waals surface area contributed by atoms with Gasteiger partial charge in [0.05, 0.1) is 10.6 Å². The number of carbonyl (C=O) groups excluding carboxylic acids is 1. The van der Waals surface area contributed by atoms with Crippen molar-refractivity contribution >= 4 is 29.1 Å². The lowest BCUT2D eigenvalue weighted by atomic mass is 10.0. The minimum absolute atomic E-state index is 0.0471. The molecule has 0 bridgehead atoms. The SMILES string of the molecule is C[C@H]1CN(C(=O)c2ccc(Cl)cc2Cl)[C@@H](C)CN1Cc1ccc(F)cc1. The van der Waals surface area contributed by atoms with Gasteiger partial charge < -0.3 is 4.90 Å². The van der Waals surface area contributed by atoms with Crippen LogP contribution in [0.4, 0.5) is 4.39 Å². The average Bonchev–Trinajstić information content (AvgIpc) is 2.59. The van der Waals surface area contributed by atoms with Crippen LogP contribution in [0.15, 0.2) is 42.5 Å². The lowest BCUT2D eigenvalue weighted by molar-refractivity contribution is 0.0291. The van der Waals surface area contributed by atoms with E-state index in [1.165, 1.54) is 12.1 Å². The fraction of sp³-hybridized carbons (Fsp3) is 0.350. The first kappa shape index (κ1) is 19.2. The van der Waals surface area contributed by atoms with Crippen molar-refractivity contribution in [2.75, 3.05) is 13.1 Å². The van der Waals surface area contributed by atoms with E-state index >= 15 is 0 Å². The lowest BCUT2D eigenvalue weighted by Gasteiger charge is -2.44. The predicted molar refractivity (Wildman–Crippen MR) is 103 cm³/mol. The van der Waals surface area contributed by atoms with E-state index in [0.717, 1.165) is 18.7 Å². The number of rotatable bonds is 3. The quantitative estimate of drug-likeness (QED) is 0.741. The van der Waals surface area contributed by atoms with E-state index in [0.29, 0.717) is 22.2 Å². The van der Waals surface area contributed by atoms with Gasteiger partial charge in [0, 0.05) is 36.7 Å². The molecule has 1 aliphatic rings. The van der Waals surface area contributed by atoms with Crippen LogP contribution in [0.2, 0.25) is 10.0 Å². The van der Waals surface area contributed by atoms with Gasteiger partial charge in [0.25, 0.3) is 5.91 Å². The van der Waals surface area contributed by atoms with Gasteiger partial charge in [0.1, 0.15) is 5.82 Å². The van der Waals surface area contributed by atoms with Crippen LogP contribution in [0, 0.1) is 5.82 Å². The Hall–Kier alpha value is -1.62. The second kappa shape index (κ2) is 7.95. The van der Waals surface area contributed by atoms with Crippen LogP contribution in [0.3, 0.4) is 0 Å². The number of hydrogen-bond donors (Lipinski definition) is 0. The van der Waals surface area contributed by atoms with Crippen molar-refractivity contribution in [3.63, 3.8) is 0 Å². The molecule has 2 atom stereocenters. The summed E-state index contributed by atoms with van der Waals surface area (Å²) in [5, 5.41) is 0.883. The molecular weight excluding hydrogens is 374 g/mol. The minimum Gasteiger partial charge on any atom is -0.333 e. The van der Waals surface area contributed by atoms with Crippen LogP contribution >= 0.6 is 23.2 Å². The van der Waals surface area contributed by atoms with Gasteiger partial charge in [-0.1, -0.05) is 35.3 Å². The highest BCUT2D eigenvalue weighted by Gasteiger charge is 2.33. The fourth-order valence-electron chi connectivity index (χ4n) is 3.34. The molecule has 0 aliphatic carbocycles. The molecule has 1 aliphatic heterocycles. The summed E-state index contributed by atoms with van der Waals surface area (Å²) in [6, 6.07) is 11.7. The van der Waals surface area contributed by atoms with E-state index in [9.17, 15) is 9.18 Å². The largest absolute Gasteiger partial charge is 0.333 e. The third kappa shape index (κ3) is 4.20. The number of amides is 1. The molecule has 26 heavy (non-hydrogen) atoms. The summed E-state index contributed by atoms with van der Waals surface area (Å²) in [5.74, 6) is -0.308. The van der Waals surface area contributed by atoms with Gasteiger partial charge in [0.15, 0.2) is 0 Å². The highest BCUT2D eigenvalue weighted by Crippen LogP contribution is 2.25. The zero-order valence-electron chi connectivity index (χ0n) is 14.8. The van der Waals surface area contributed by atoms with Crippen molar-refractivity contribution in [3.05, 3.63) is 69.5 Å². The Morgan fingerprint density at radius 2 is 1.77 bits per heavy atom. The van der Waals surface area contributed by atoms with E-state index in [-0.39, 0.29) is 23.8 Å². The summed E-state index contributed by atoms with van der Waals surface area (Å²) in [6.07, 6.45) is 0. The van der Waals surface area contributed by atoms with Crippen LogP contribution in [-0.4, -0.2) is 40.9 Å². The van der Waals surface area contributed by atoms with E-state index in [1.54, 1.807) is 30.3 Å². The van der Waals surface area contributed by atoms with Gasteiger partial charge in [-0.15, -0.1) is 0 Å². The summed E-state index contributed by atoms with van der Waals surface area (Å²) < 4.78 is 13.1. The molecule has 0 unspecified atom stereocenters. The maximum Gasteiger partial charge on any atom is 0.255 e. The summed E-state index contributed by atoms with van der Waals surface area (Å²) in [4.78, 5) is 17.1. The third-order valence-corrected chi connectivity index (χ3v) is 5.38. The number of carbonyl (C=O) groups is 1. The molecule has 2 aromatic rings. The number of piperazine rings is 1. The molecule has 1 fully saturated rings. The van der Waals surface area contributed by atoms with Crippen molar-refractivity contribution in [2.24, 2.45) is 0 Å².